The number of ether oxygens (including phenoxy) is 1. The Morgan fingerprint density at radius 3 is 2.89 bits per heavy atom. The van der Waals surface area contributed by atoms with Gasteiger partial charge in [0.25, 0.3) is 0 Å². The van der Waals surface area contributed by atoms with E-state index in [0.29, 0.717) is 5.92 Å². The van der Waals surface area contributed by atoms with Crippen molar-refractivity contribution in [2.75, 3.05) is 13.2 Å². The fourth-order valence-electron chi connectivity index (χ4n) is 2.32. The van der Waals surface area contributed by atoms with Crippen molar-refractivity contribution in [3.8, 4) is 11.4 Å². The highest BCUT2D eigenvalue weighted by atomic mass is 127. The molecule has 0 N–H and O–H groups in total. The number of halogens is 1. The SMILES string of the molecule is Ic1ccc(-c2nccn2CC2CCOC2)cc1. The molecule has 1 aromatic heterocycles. The van der Waals surface area contributed by atoms with Gasteiger partial charge in [-0.2, -0.15) is 0 Å². The molecule has 0 amide bonds. The maximum Gasteiger partial charge on any atom is 0.139 e. The summed E-state index contributed by atoms with van der Waals surface area (Å²) in [5.74, 6) is 1.68. The average Bonchev–Trinajstić information content (AvgIpc) is 3.02. The van der Waals surface area contributed by atoms with Crippen molar-refractivity contribution in [3.05, 3.63) is 40.2 Å². The molecule has 4 heteroatoms. The lowest BCUT2D eigenvalue weighted by molar-refractivity contribution is 0.182. The van der Waals surface area contributed by atoms with Crippen molar-refractivity contribution in [1.29, 1.82) is 0 Å². The van der Waals surface area contributed by atoms with Gasteiger partial charge in [-0.1, -0.05) is 12.1 Å². The monoisotopic (exact) mass is 354 g/mol. The van der Waals surface area contributed by atoms with E-state index in [2.05, 4.69) is 62.6 Å². The molecule has 1 aromatic carbocycles. The second kappa shape index (κ2) is 5.40. The third kappa shape index (κ3) is 2.59. The summed E-state index contributed by atoms with van der Waals surface area (Å²) in [6.45, 7) is 2.78. The summed E-state index contributed by atoms with van der Waals surface area (Å²) >= 11 is 2.32. The van der Waals surface area contributed by atoms with E-state index in [1.54, 1.807) is 0 Å². The molecule has 0 spiro atoms. The van der Waals surface area contributed by atoms with Gasteiger partial charge in [0.15, 0.2) is 0 Å². The minimum atomic E-state index is 0.627. The number of rotatable bonds is 3. The minimum Gasteiger partial charge on any atom is -0.381 e. The predicted octanol–water partition coefficient (Wildman–Crippen LogP) is 3.19. The van der Waals surface area contributed by atoms with E-state index in [-0.39, 0.29) is 0 Å². The molecule has 18 heavy (non-hydrogen) atoms. The number of aromatic nitrogens is 2. The van der Waals surface area contributed by atoms with Crippen LogP contribution in [0.1, 0.15) is 6.42 Å². The zero-order valence-corrected chi connectivity index (χ0v) is 12.2. The van der Waals surface area contributed by atoms with E-state index in [1.807, 2.05) is 6.20 Å². The van der Waals surface area contributed by atoms with Gasteiger partial charge in [-0.15, -0.1) is 0 Å². The third-order valence-corrected chi connectivity index (χ3v) is 4.02. The fourth-order valence-corrected chi connectivity index (χ4v) is 2.68. The van der Waals surface area contributed by atoms with Crippen LogP contribution in [-0.2, 0) is 11.3 Å². The van der Waals surface area contributed by atoms with Crippen LogP contribution >= 0.6 is 22.6 Å². The van der Waals surface area contributed by atoms with Crippen molar-refractivity contribution < 1.29 is 4.74 Å². The molecule has 0 bridgehead atoms. The average molecular weight is 354 g/mol. The van der Waals surface area contributed by atoms with Gasteiger partial charge in [0.1, 0.15) is 5.82 Å². The van der Waals surface area contributed by atoms with Crippen LogP contribution in [0, 0.1) is 9.49 Å². The number of imidazole rings is 1. The normalized spacial score (nSPS) is 19.3. The number of nitrogens with zero attached hydrogens (tertiary/aromatic N) is 2. The molecule has 0 saturated carbocycles. The van der Waals surface area contributed by atoms with Crippen LogP contribution in [0.25, 0.3) is 11.4 Å². The largest absolute Gasteiger partial charge is 0.381 e. The van der Waals surface area contributed by atoms with Crippen molar-refractivity contribution in [1.82, 2.24) is 9.55 Å². The number of hydrogen-bond acceptors (Lipinski definition) is 2. The van der Waals surface area contributed by atoms with Crippen molar-refractivity contribution >= 4 is 22.6 Å². The first-order valence-electron chi connectivity index (χ1n) is 6.18. The molecule has 1 saturated heterocycles. The molecular weight excluding hydrogens is 339 g/mol. The Morgan fingerprint density at radius 1 is 1.33 bits per heavy atom. The Morgan fingerprint density at radius 2 is 2.17 bits per heavy atom. The standard InChI is InChI=1S/C14H15IN2O/c15-13-3-1-12(2-4-13)14-16-6-7-17(14)9-11-5-8-18-10-11/h1-4,6-7,11H,5,8-10H2. The molecule has 3 rings (SSSR count). The van der Waals surface area contributed by atoms with Crippen LogP contribution in [0.15, 0.2) is 36.7 Å². The molecule has 1 aliphatic heterocycles. The van der Waals surface area contributed by atoms with Crippen LogP contribution in [0.2, 0.25) is 0 Å². The molecule has 1 atom stereocenters. The third-order valence-electron chi connectivity index (χ3n) is 3.30. The second-order valence-electron chi connectivity index (χ2n) is 4.64. The van der Waals surface area contributed by atoms with Crippen molar-refractivity contribution in [2.24, 2.45) is 5.92 Å². The van der Waals surface area contributed by atoms with Crippen molar-refractivity contribution in [3.63, 3.8) is 0 Å². The quantitative estimate of drug-likeness (QED) is 0.792. The highest BCUT2D eigenvalue weighted by Crippen LogP contribution is 2.22. The molecule has 94 valence electrons. The lowest BCUT2D eigenvalue weighted by atomic mass is 10.1. The van der Waals surface area contributed by atoms with Gasteiger partial charge in [-0.3, -0.25) is 0 Å². The smallest absolute Gasteiger partial charge is 0.139 e. The number of benzene rings is 1. The first kappa shape index (κ1) is 12.2. The first-order valence-corrected chi connectivity index (χ1v) is 7.25. The van der Waals surface area contributed by atoms with Gasteiger partial charge >= 0.3 is 0 Å². The highest BCUT2D eigenvalue weighted by Gasteiger charge is 2.17. The minimum absolute atomic E-state index is 0.627. The van der Waals surface area contributed by atoms with Crippen LogP contribution < -0.4 is 0 Å². The Labute approximate surface area is 120 Å². The van der Waals surface area contributed by atoms with Gasteiger partial charge in [-0.25, -0.2) is 4.98 Å². The summed E-state index contributed by atoms with van der Waals surface area (Å²) in [6.07, 6.45) is 5.10. The Balaban J connectivity index is 1.84. The summed E-state index contributed by atoms with van der Waals surface area (Å²) in [7, 11) is 0. The Bertz CT molecular complexity index is 515. The van der Waals surface area contributed by atoms with Crippen LogP contribution in [-0.4, -0.2) is 22.8 Å². The maximum atomic E-state index is 5.43. The summed E-state index contributed by atoms with van der Waals surface area (Å²) in [5, 5.41) is 0. The van der Waals surface area contributed by atoms with Crippen LogP contribution in [0.3, 0.4) is 0 Å². The maximum absolute atomic E-state index is 5.43. The first-order chi connectivity index (χ1) is 8.83. The predicted molar refractivity (Wildman–Crippen MR) is 79.3 cm³/mol. The molecule has 2 heterocycles. The summed E-state index contributed by atoms with van der Waals surface area (Å²) in [6, 6.07) is 8.50. The Kier molecular flexibility index (Phi) is 3.65. The number of hydrogen-bond donors (Lipinski definition) is 0. The molecule has 1 fully saturated rings. The molecule has 1 unspecified atom stereocenters. The lowest BCUT2D eigenvalue weighted by Gasteiger charge is -2.12. The van der Waals surface area contributed by atoms with Gasteiger partial charge in [-0.05, 0) is 41.1 Å². The second-order valence-corrected chi connectivity index (χ2v) is 5.89. The van der Waals surface area contributed by atoms with Gasteiger partial charge in [0.05, 0.1) is 6.61 Å². The summed E-state index contributed by atoms with van der Waals surface area (Å²) < 4.78 is 8.92. The van der Waals surface area contributed by atoms with Gasteiger partial charge in [0, 0.05) is 40.6 Å². The molecule has 2 aromatic rings. The van der Waals surface area contributed by atoms with Gasteiger partial charge in [0.2, 0.25) is 0 Å². The van der Waals surface area contributed by atoms with E-state index in [1.165, 1.54) is 9.13 Å². The highest BCUT2D eigenvalue weighted by molar-refractivity contribution is 14.1. The zero-order chi connectivity index (χ0) is 12.4. The van der Waals surface area contributed by atoms with E-state index in [4.69, 9.17) is 4.74 Å². The van der Waals surface area contributed by atoms with E-state index in [9.17, 15) is 0 Å². The van der Waals surface area contributed by atoms with Gasteiger partial charge < -0.3 is 9.30 Å². The molecule has 3 nitrogen and oxygen atoms in total. The summed E-state index contributed by atoms with van der Waals surface area (Å²) in [5.41, 5.74) is 1.18. The fraction of sp³-hybridized carbons (Fsp3) is 0.357. The molecule has 0 aliphatic carbocycles. The van der Waals surface area contributed by atoms with Crippen LogP contribution in [0.4, 0.5) is 0 Å². The topological polar surface area (TPSA) is 27.1 Å². The summed E-state index contributed by atoms with van der Waals surface area (Å²) in [4.78, 5) is 4.48. The van der Waals surface area contributed by atoms with E-state index >= 15 is 0 Å². The molecule has 0 radical (unpaired) electrons. The molecule has 1 aliphatic rings. The van der Waals surface area contributed by atoms with Crippen LogP contribution in [0.5, 0.6) is 0 Å². The zero-order valence-electron chi connectivity index (χ0n) is 10.1. The van der Waals surface area contributed by atoms with E-state index in [0.717, 1.165) is 32.0 Å². The molecular formula is C14H15IN2O. The van der Waals surface area contributed by atoms with E-state index < -0.39 is 0 Å². The lowest BCUT2D eigenvalue weighted by Crippen LogP contribution is -2.11. The van der Waals surface area contributed by atoms with Crippen molar-refractivity contribution in [2.45, 2.75) is 13.0 Å². The Hall–Kier alpha value is -0.880.